The highest BCUT2D eigenvalue weighted by Gasteiger charge is 2.36. The molecule has 0 amide bonds. The largest absolute Gasteiger partial charge is 0.381 e. The molecule has 1 aliphatic heterocycles. The molecule has 0 bridgehead atoms. The number of nitrogens with one attached hydrogen (secondary N) is 1. The van der Waals surface area contributed by atoms with Crippen LogP contribution in [0.25, 0.3) is 11.0 Å². The lowest BCUT2D eigenvalue weighted by atomic mass is 9.79. The van der Waals surface area contributed by atoms with Gasteiger partial charge >= 0.3 is 0 Å². The molecule has 4 nitrogen and oxygen atoms in total. The molecule has 0 saturated carbocycles. The van der Waals surface area contributed by atoms with Gasteiger partial charge in [0.1, 0.15) is 5.82 Å². The highest BCUT2D eigenvalue weighted by molar-refractivity contribution is 5.78. The van der Waals surface area contributed by atoms with Crippen molar-refractivity contribution in [3.8, 4) is 0 Å². The summed E-state index contributed by atoms with van der Waals surface area (Å²) in [6.45, 7) is 4.25. The van der Waals surface area contributed by atoms with Crippen LogP contribution >= 0.6 is 0 Å². The van der Waals surface area contributed by atoms with Crippen LogP contribution in [-0.4, -0.2) is 29.7 Å². The van der Waals surface area contributed by atoms with Gasteiger partial charge in [0.2, 0.25) is 0 Å². The summed E-state index contributed by atoms with van der Waals surface area (Å²) < 4.78 is 5.45. The third-order valence-electron chi connectivity index (χ3n) is 4.06. The van der Waals surface area contributed by atoms with E-state index >= 15 is 0 Å². The summed E-state index contributed by atoms with van der Waals surface area (Å²) in [5, 5.41) is 0. The second kappa shape index (κ2) is 4.37. The number of para-hydroxylation sites is 1. The molecule has 0 atom stereocenters. The van der Waals surface area contributed by atoms with Crippen molar-refractivity contribution in [2.75, 3.05) is 19.8 Å². The van der Waals surface area contributed by atoms with Gasteiger partial charge in [-0.25, -0.2) is 4.98 Å². The zero-order chi connectivity index (χ0) is 12.6. The van der Waals surface area contributed by atoms with Crippen LogP contribution in [0, 0.1) is 6.92 Å². The maximum Gasteiger partial charge on any atom is 0.114 e. The number of H-pyrrole nitrogens is 1. The number of nitrogens with two attached hydrogens (primary N) is 1. The Labute approximate surface area is 107 Å². The Morgan fingerprint density at radius 2 is 2.17 bits per heavy atom. The van der Waals surface area contributed by atoms with Gasteiger partial charge in [0.05, 0.1) is 11.0 Å². The monoisotopic (exact) mass is 245 g/mol. The summed E-state index contributed by atoms with van der Waals surface area (Å²) in [6.07, 6.45) is 1.89. The Hall–Kier alpha value is -1.39. The summed E-state index contributed by atoms with van der Waals surface area (Å²) in [6, 6.07) is 6.22. The summed E-state index contributed by atoms with van der Waals surface area (Å²) in [4.78, 5) is 8.24. The second-order valence-electron chi connectivity index (χ2n) is 5.15. The Morgan fingerprint density at radius 1 is 1.39 bits per heavy atom. The normalized spacial score (nSPS) is 19.2. The van der Waals surface area contributed by atoms with Gasteiger partial charge in [-0.05, 0) is 31.4 Å². The van der Waals surface area contributed by atoms with Gasteiger partial charge in [-0.1, -0.05) is 12.1 Å². The fourth-order valence-corrected chi connectivity index (χ4v) is 2.73. The standard InChI is InChI=1S/C14H19N3O/c1-10-3-2-4-11-12(10)17-13(16-11)14(9-15)5-7-18-8-6-14/h2-4H,5-9,15H2,1H3,(H,16,17). The molecule has 2 aromatic rings. The molecule has 1 aliphatic rings. The Kier molecular flexibility index (Phi) is 2.84. The molecule has 96 valence electrons. The average Bonchev–Trinajstić information content (AvgIpc) is 2.85. The van der Waals surface area contributed by atoms with Crippen LogP contribution in [0.4, 0.5) is 0 Å². The minimum atomic E-state index is -0.0380. The van der Waals surface area contributed by atoms with E-state index in [0.29, 0.717) is 6.54 Å². The van der Waals surface area contributed by atoms with Crippen molar-refractivity contribution < 1.29 is 4.74 Å². The Balaban J connectivity index is 2.09. The SMILES string of the molecule is Cc1cccc2[nH]c(C3(CN)CCOCC3)nc12. The number of imidazole rings is 1. The van der Waals surface area contributed by atoms with Crippen LogP contribution in [0.5, 0.6) is 0 Å². The molecular formula is C14H19N3O. The number of hydrogen-bond acceptors (Lipinski definition) is 3. The molecule has 1 aromatic carbocycles. The van der Waals surface area contributed by atoms with Gasteiger partial charge in [0.15, 0.2) is 0 Å². The number of fused-ring (bicyclic) bond motifs is 1. The van der Waals surface area contributed by atoms with E-state index in [1.165, 1.54) is 5.56 Å². The maximum atomic E-state index is 6.01. The molecule has 4 heteroatoms. The van der Waals surface area contributed by atoms with Crippen LogP contribution in [0.1, 0.15) is 24.2 Å². The van der Waals surface area contributed by atoms with Gasteiger partial charge in [-0.3, -0.25) is 0 Å². The van der Waals surface area contributed by atoms with Crippen molar-refractivity contribution in [2.45, 2.75) is 25.2 Å². The van der Waals surface area contributed by atoms with Crippen molar-refractivity contribution >= 4 is 11.0 Å². The first-order valence-electron chi connectivity index (χ1n) is 6.49. The molecule has 1 saturated heterocycles. The predicted octanol–water partition coefficient (Wildman–Crippen LogP) is 1.88. The third-order valence-corrected chi connectivity index (χ3v) is 4.06. The molecule has 0 unspecified atom stereocenters. The van der Waals surface area contributed by atoms with Gasteiger partial charge in [-0.15, -0.1) is 0 Å². The van der Waals surface area contributed by atoms with Crippen molar-refractivity contribution in [1.29, 1.82) is 0 Å². The molecule has 0 radical (unpaired) electrons. The summed E-state index contributed by atoms with van der Waals surface area (Å²) in [5.41, 5.74) is 9.34. The average molecular weight is 245 g/mol. The van der Waals surface area contributed by atoms with E-state index in [1.54, 1.807) is 0 Å². The summed E-state index contributed by atoms with van der Waals surface area (Å²) in [7, 11) is 0. The fourth-order valence-electron chi connectivity index (χ4n) is 2.73. The third kappa shape index (κ3) is 1.72. The first-order valence-corrected chi connectivity index (χ1v) is 6.49. The summed E-state index contributed by atoms with van der Waals surface area (Å²) in [5.74, 6) is 1.03. The maximum absolute atomic E-state index is 6.01. The molecule has 3 N–H and O–H groups in total. The van der Waals surface area contributed by atoms with Crippen molar-refractivity contribution in [2.24, 2.45) is 5.73 Å². The van der Waals surface area contributed by atoms with Crippen LogP contribution in [0.3, 0.4) is 0 Å². The van der Waals surface area contributed by atoms with E-state index in [9.17, 15) is 0 Å². The number of nitrogens with zero attached hydrogens (tertiary/aromatic N) is 1. The van der Waals surface area contributed by atoms with Crippen LogP contribution in [0.2, 0.25) is 0 Å². The fraction of sp³-hybridized carbons (Fsp3) is 0.500. The molecule has 0 aliphatic carbocycles. The lowest BCUT2D eigenvalue weighted by molar-refractivity contribution is 0.0503. The number of aromatic nitrogens is 2. The number of aryl methyl sites for hydroxylation is 1. The number of hydrogen-bond donors (Lipinski definition) is 2. The molecule has 0 spiro atoms. The first-order chi connectivity index (χ1) is 8.75. The topological polar surface area (TPSA) is 63.9 Å². The van der Waals surface area contributed by atoms with Crippen molar-refractivity contribution in [1.82, 2.24) is 9.97 Å². The highest BCUT2D eigenvalue weighted by Crippen LogP contribution is 2.33. The smallest absolute Gasteiger partial charge is 0.114 e. The molecular weight excluding hydrogens is 226 g/mol. The van der Waals surface area contributed by atoms with Crippen molar-refractivity contribution in [3.05, 3.63) is 29.6 Å². The minimum absolute atomic E-state index is 0.0380. The van der Waals surface area contributed by atoms with Gasteiger partial charge in [-0.2, -0.15) is 0 Å². The van der Waals surface area contributed by atoms with Gasteiger partial charge in [0.25, 0.3) is 0 Å². The molecule has 1 fully saturated rings. The van der Waals surface area contributed by atoms with Gasteiger partial charge < -0.3 is 15.5 Å². The van der Waals surface area contributed by atoms with E-state index in [0.717, 1.165) is 42.9 Å². The van der Waals surface area contributed by atoms with Crippen LogP contribution in [-0.2, 0) is 10.2 Å². The lowest BCUT2D eigenvalue weighted by Gasteiger charge is -2.34. The zero-order valence-electron chi connectivity index (χ0n) is 10.7. The molecule has 3 rings (SSSR count). The number of ether oxygens (including phenoxy) is 1. The summed E-state index contributed by atoms with van der Waals surface area (Å²) >= 11 is 0. The molecule has 1 aromatic heterocycles. The highest BCUT2D eigenvalue weighted by atomic mass is 16.5. The van der Waals surface area contributed by atoms with Crippen molar-refractivity contribution in [3.63, 3.8) is 0 Å². The van der Waals surface area contributed by atoms with E-state index in [1.807, 2.05) is 0 Å². The predicted molar refractivity (Wildman–Crippen MR) is 71.6 cm³/mol. The molecule has 18 heavy (non-hydrogen) atoms. The lowest BCUT2D eigenvalue weighted by Crippen LogP contribution is -2.41. The van der Waals surface area contributed by atoms with E-state index in [-0.39, 0.29) is 5.41 Å². The number of benzene rings is 1. The number of rotatable bonds is 2. The zero-order valence-corrected chi connectivity index (χ0v) is 10.7. The van der Waals surface area contributed by atoms with E-state index in [4.69, 9.17) is 15.5 Å². The Bertz CT molecular complexity index is 555. The van der Waals surface area contributed by atoms with Gasteiger partial charge in [0, 0.05) is 25.2 Å². The minimum Gasteiger partial charge on any atom is -0.381 e. The quantitative estimate of drug-likeness (QED) is 0.849. The Morgan fingerprint density at radius 3 is 2.83 bits per heavy atom. The number of aromatic amines is 1. The molecule has 2 heterocycles. The first kappa shape index (κ1) is 11.7. The van der Waals surface area contributed by atoms with E-state index in [2.05, 4.69) is 30.1 Å². The van der Waals surface area contributed by atoms with E-state index < -0.39 is 0 Å². The van der Waals surface area contributed by atoms with Crippen LogP contribution < -0.4 is 5.73 Å². The second-order valence-corrected chi connectivity index (χ2v) is 5.15. The van der Waals surface area contributed by atoms with Crippen LogP contribution in [0.15, 0.2) is 18.2 Å².